The SMILES string of the molecule is CCc1scnc1OC. The molecule has 3 heteroatoms. The van der Waals surface area contributed by atoms with E-state index in [9.17, 15) is 0 Å². The van der Waals surface area contributed by atoms with E-state index in [1.165, 1.54) is 4.88 Å². The summed E-state index contributed by atoms with van der Waals surface area (Å²) in [5.74, 6) is 0.780. The van der Waals surface area contributed by atoms with E-state index >= 15 is 0 Å². The summed E-state index contributed by atoms with van der Waals surface area (Å²) < 4.78 is 4.98. The van der Waals surface area contributed by atoms with Crippen LogP contribution in [0.5, 0.6) is 5.88 Å². The Labute approximate surface area is 58.5 Å². The minimum Gasteiger partial charge on any atom is -0.480 e. The van der Waals surface area contributed by atoms with Gasteiger partial charge in [-0.25, -0.2) is 4.98 Å². The molecule has 0 aromatic carbocycles. The van der Waals surface area contributed by atoms with Gasteiger partial charge in [-0.3, -0.25) is 0 Å². The Kier molecular flexibility index (Phi) is 2.05. The first-order valence-electron chi connectivity index (χ1n) is 2.84. The van der Waals surface area contributed by atoms with Crippen LogP contribution >= 0.6 is 11.3 Å². The molecule has 2 nitrogen and oxygen atoms in total. The molecule has 0 amide bonds. The number of hydrogen-bond donors (Lipinski definition) is 0. The molecule has 1 heterocycles. The van der Waals surface area contributed by atoms with Crippen LogP contribution in [0.15, 0.2) is 5.51 Å². The van der Waals surface area contributed by atoms with Crippen molar-refractivity contribution in [2.75, 3.05) is 7.11 Å². The molecule has 0 aliphatic rings. The molecule has 0 bridgehead atoms. The van der Waals surface area contributed by atoms with Crippen molar-refractivity contribution in [3.05, 3.63) is 10.4 Å². The van der Waals surface area contributed by atoms with Crippen LogP contribution in [0.25, 0.3) is 0 Å². The van der Waals surface area contributed by atoms with Crippen LogP contribution in [0, 0.1) is 0 Å². The minimum absolute atomic E-state index is 0.780. The zero-order valence-corrected chi connectivity index (χ0v) is 6.36. The predicted octanol–water partition coefficient (Wildman–Crippen LogP) is 1.71. The van der Waals surface area contributed by atoms with Crippen LogP contribution in [0.2, 0.25) is 0 Å². The molecule has 1 rings (SSSR count). The smallest absolute Gasteiger partial charge is 0.227 e. The van der Waals surface area contributed by atoms with Crippen LogP contribution in [0.4, 0.5) is 0 Å². The molecule has 0 unspecified atom stereocenters. The second kappa shape index (κ2) is 2.82. The zero-order valence-electron chi connectivity index (χ0n) is 5.55. The van der Waals surface area contributed by atoms with Crippen molar-refractivity contribution >= 4 is 11.3 Å². The number of thiazole rings is 1. The van der Waals surface area contributed by atoms with Crippen LogP contribution < -0.4 is 4.74 Å². The van der Waals surface area contributed by atoms with Crippen molar-refractivity contribution in [3.8, 4) is 5.88 Å². The van der Waals surface area contributed by atoms with Crippen LogP contribution in [0.1, 0.15) is 11.8 Å². The lowest BCUT2D eigenvalue weighted by Crippen LogP contribution is -1.85. The average Bonchev–Trinajstić information content (AvgIpc) is 2.33. The highest BCUT2D eigenvalue weighted by atomic mass is 32.1. The highest BCUT2D eigenvalue weighted by Crippen LogP contribution is 2.20. The summed E-state index contributed by atoms with van der Waals surface area (Å²) in [6.07, 6.45) is 1.01. The van der Waals surface area contributed by atoms with Crippen molar-refractivity contribution in [1.82, 2.24) is 4.98 Å². The fourth-order valence-corrected chi connectivity index (χ4v) is 1.34. The lowest BCUT2D eigenvalue weighted by Gasteiger charge is -1.93. The van der Waals surface area contributed by atoms with Gasteiger partial charge < -0.3 is 4.74 Å². The Balaban J connectivity index is 2.85. The summed E-state index contributed by atoms with van der Waals surface area (Å²) in [7, 11) is 1.65. The first-order chi connectivity index (χ1) is 4.38. The van der Waals surface area contributed by atoms with E-state index in [0.717, 1.165) is 12.3 Å². The molecule has 1 aromatic heterocycles. The first-order valence-corrected chi connectivity index (χ1v) is 3.72. The summed E-state index contributed by atoms with van der Waals surface area (Å²) in [6, 6.07) is 0. The lowest BCUT2D eigenvalue weighted by atomic mass is 10.4. The Hall–Kier alpha value is -0.570. The van der Waals surface area contributed by atoms with Crippen molar-refractivity contribution in [1.29, 1.82) is 0 Å². The predicted molar refractivity (Wildman–Crippen MR) is 38.0 cm³/mol. The summed E-state index contributed by atoms with van der Waals surface area (Å²) in [4.78, 5) is 5.22. The number of rotatable bonds is 2. The monoisotopic (exact) mass is 143 g/mol. The van der Waals surface area contributed by atoms with Crippen molar-refractivity contribution in [2.24, 2.45) is 0 Å². The fraction of sp³-hybridized carbons (Fsp3) is 0.500. The van der Waals surface area contributed by atoms with Gasteiger partial charge in [-0.15, -0.1) is 11.3 Å². The number of hydrogen-bond acceptors (Lipinski definition) is 3. The Morgan fingerprint density at radius 1 is 1.78 bits per heavy atom. The quantitative estimate of drug-likeness (QED) is 0.628. The summed E-state index contributed by atoms with van der Waals surface area (Å²) in [6.45, 7) is 2.09. The molecule has 0 atom stereocenters. The second-order valence-corrected chi connectivity index (χ2v) is 2.58. The third-order valence-electron chi connectivity index (χ3n) is 1.12. The van der Waals surface area contributed by atoms with Crippen LogP contribution in [-0.2, 0) is 6.42 Å². The van der Waals surface area contributed by atoms with Crippen molar-refractivity contribution < 1.29 is 4.74 Å². The number of aryl methyl sites for hydroxylation is 1. The fourth-order valence-electron chi connectivity index (χ4n) is 0.661. The van der Waals surface area contributed by atoms with Crippen molar-refractivity contribution in [3.63, 3.8) is 0 Å². The van der Waals surface area contributed by atoms with Gasteiger partial charge in [-0.05, 0) is 6.42 Å². The molecule has 1 aromatic rings. The third-order valence-corrected chi connectivity index (χ3v) is 2.08. The van der Waals surface area contributed by atoms with E-state index in [-0.39, 0.29) is 0 Å². The molecule has 0 N–H and O–H groups in total. The van der Waals surface area contributed by atoms with Gasteiger partial charge in [0.15, 0.2) is 0 Å². The van der Waals surface area contributed by atoms with Gasteiger partial charge in [0.05, 0.1) is 17.5 Å². The van der Waals surface area contributed by atoms with E-state index in [0.29, 0.717) is 0 Å². The average molecular weight is 143 g/mol. The number of nitrogens with zero attached hydrogens (tertiary/aromatic N) is 1. The van der Waals surface area contributed by atoms with Crippen molar-refractivity contribution in [2.45, 2.75) is 13.3 Å². The van der Waals surface area contributed by atoms with E-state index < -0.39 is 0 Å². The first kappa shape index (κ1) is 6.55. The topological polar surface area (TPSA) is 22.1 Å². The molecule has 0 saturated heterocycles. The van der Waals surface area contributed by atoms with E-state index in [4.69, 9.17) is 4.74 Å². The Morgan fingerprint density at radius 2 is 2.56 bits per heavy atom. The van der Waals surface area contributed by atoms with E-state index in [1.807, 2.05) is 0 Å². The lowest BCUT2D eigenvalue weighted by molar-refractivity contribution is 0.396. The molecule has 0 aliphatic heterocycles. The summed E-state index contributed by atoms with van der Waals surface area (Å²) in [5, 5.41) is 0. The minimum atomic E-state index is 0.780. The van der Waals surface area contributed by atoms with Gasteiger partial charge in [-0.1, -0.05) is 6.92 Å². The summed E-state index contributed by atoms with van der Waals surface area (Å²) >= 11 is 1.64. The molecular weight excluding hydrogens is 134 g/mol. The molecule has 0 spiro atoms. The van der Waals surface area contributed by atoms with Gasteiger partial charge >= 0.3 is 0 Å². The number of methoxy groups -OCH3 is 1. The standard InChI is InChI=1S/C6H9NOS/c1-3-5-6(8-2)7-4-9-5/h4H,3H2,1-2H3. The van der Waals surface area contributed by atoms with Gasteiger partial charge in [0.2, 0.25) is 5.88 Å². The van der Waals surface area contributed by atoms with Gasteiger partial charge in [0, 0.05) is 0 Å². The van der Waals surface area contributed by atoms with E-state index in [2.05, 4.69) is 11.9 Å². The molecule has 0 aliphatic carbocycles. The third kappa shape index (κ3) is 1.21. The molecule has 0 fully saturated rings. The highest BCUT2D eigenvalue weighted by Gasteiger charge is 2.00. The highest BCUT2D eigenvalue weighted by molar-refractivity contribution is 7.09. The zero-order chi connectivity index (χ0) is 6.69. The molecule has 9 heavy (non-hydrogen) atoms. The molecular formula is C6H9NOS. The molecule has 0 radical (unpaired) electrons. The normalized spacial score (nSPS) is 9.56. The maximum atomic E-state index is 4.98. The maximum absolute atomic E-state index is 4.98. The molecule has 50 valence electrons. The van der Waals surface area contributed by atoms with Crippen LogP contribution in [-0.4, -0.2) is 12.1 Å². The van der Waals surface area contributed by atoms with E-state index in [1.54, 1.807) is 24.0 Å². The second-order valence-electron chi connectivity index (χ2n) is 1.64. The molecule has 0 saturated carbocycles. The number of ether oxygens (including phenoxy) is 1. The summed E-state index contributed by atoms with van der Waals surface area (Å²) in [5.41, 5.74) is 1.80. The largest absolute Gasteiger partial charge is 0.480 e. The van der Waals surface area contributed by atoms with Gasteiger partial charge in [0.25, 0.3) is 0 Å². The van der Waals surface area contributed by atoms with Gasteiger partial charge in [-0.2, -0.15) is 0 Å². The van der Waals surface area contributed by atoms with Crippen LogP contribution in [0.3, 0.4) is 0 Å². The number of aromatic nitrogens is 1. The maximum Gasteiger partial charge on any atom is 0.227 e. The Morgan fingerprint density at radius 3 is 3.00 bits per heavy atom. The van der Waals surface area contributed by atoms with Gasteiger partial charge in [0.1, 0.15) is 0 Å². The Bertz CT molecular complexity index is 166.